The van der Waals surface area contributed by atoms with Crippen molar-refractivity contribution < 1.29 is 0 Å². The molecule has 0 amide bonds. The lowest BCUT2D eigenvalue weighted by Gasteiger charge is -2.18. The van der Waals surface area contributed by atoms with Gasteiger partial charge in [0.2, 0.25) is 0 Å². The highest BCUT2D eigenvalue weighted by atomic mass is 32.1. The van der Waals surface area contributed by atoms with Gasteiger partial charge in [-0.2, -0.15) is 0 Å². The predicted molar refractivity (Wildman–Crippen MR) is 183 cm³/mol. The largest absolute Gasteiger partial charge is 0.252 e. The average Bonchev–Trinajstić information content (AvgIpc) is 3.47. The van der Waals surface area contributed by atoms with Gasteiger partial charge in [0.15, 0.2) is 0 Å². The first-order valence-corrected chi connectivity index (χ1v) is 15.9. The lowest BCUT2D eigenvalue weighted by atomic mass is 9.88. The Bertz CT molecular complexity index is 2320. The second-order valence-electron chi connectivity index (χ2n) is 11.6. The standard InChI is InChI=1S/C40H28N2S/c1-3-17-33-30(14-1)31-15-2-4-18-34(31)39-38(33)41-24-36(42-39)28-13-8-11-26(23-28)25-10-7-12-27(22-25)29-19-9-20-35-32-16-5-6-21-37(32)43-40(29)35/h1-7,10-12,14-19,21-24H,8-9,13,20H2. The maximum Gasteiger partial charge on any atom is 0.0979 e. The molecule has 2 nitrogen and oxygen atoms in total. The fourth-order valence-electron chi connectivity index (χ4n) is 7.02. The van der Waals surface area contributed by atoms with Gasteiger partial charge in [-0.1, -0.05) is 97.1 Å². The number of nitrogens with zero attached hydrogens (tertiary/aromatic N) is 2. The molecule has 43 heavy (non-hydrogen) atoms. The Morgan fingerprint density at radius 3 is 2.14 bits per heavy atom. The number of thiophene rings is 1. The zero-order valence-corrected chi connectivity index (χ0v) is 24.5. The topological polar surface area (TPSA) is 25.8 Å². The summed E-state index contributed by atoms with van der Waals surface area (Å²) in [7, 11) is 0. The Hall–Kier alpha value is -4.86. The highest BCUT2D eigenvalue weighted by Gasteiger charge is 2.21. The Morgan fingerprint density at radius 1 is 0.605 bits per heavy atom. The number of aromatic nitrogens is 2. The van der Waals surface area contributed by atoms with Gasteiger partial charge in [0.1, 0.15) is 0 Å². The van der Waals surface area contributed by atoms with Gasteiger partial charge in [-0.25, -0.2) is 4.98 Å². The smallest absolute Gasteiger partial charge is 0.0979 e. The minimum atomic E-state index is 0.963. The van der Waals surface area contributed by atoms with Crippen LogP contribution in [0.25, 0.3) is 59.4 Å². The molecule has 0 aliphatic heterocycles. The monoisotopic (exact) mass is 568 g/mol. The molecule has 3 heteroatoms. The van der Waals surface area contributed by atoms with Crippen LogP contribution < -0.4 is 0 Å². The van der Waals surface area contributed by atoms with E-state index in [-0.39, 0.29) is 0 Å². The molecule has 204 valence electrons. The highest BCUT2D eigenvalue weighted by Crippen LogP contribution is 2.43. The molecule has 0 fully saturated rings. The zero-order chi connectivity index (χ0) is 28.3. The van der Waals surface area contributed by atoms with E-state index in [1.54, 1.807) is 0 Å². The predicted octanol–water partition coefficient (Wildman–Crippen LogP) is 10.8. The minimum Gasteiger partial charge on any atom is -0.252 e. The molecular weight excluding hydrogens is 541 g/mol. The zero-order valence-electron chi connectivity index (χ0n) is 23.7. The summed E-state index contributed by atoms with van der Waals surface area (Å²) in [6.45, 7) is 0. The van der Waals surface area contributed by atoms with Crippen LogP contribution in [0.2, 0.25) is 0 Å². The van der Waals surface area contributed by atoms with Gasteiger partial charge in [-0.05, 0) is 93.5 Å². The SMILES string of the molecule is C1=C(c2cccc(C3=CCCc4c3sc3ccccc43)c2)C=C(c2cnc3c4ccccc4c4ccccc4c3n2)CC1. The fourth-order valence-corrected chi connectivity index (χ4v) is 8.33. The number of benzene rings is 5. The van der Waals surface area contributed by atoms with Gasteiger partial charge in [0.05, 0.1) is 22.9 Å². The van der Waals surface area contributed by atoms with E-state index in [1.807, 2.05) is 17.5 Å². The summed E-state index contributed by atoms with van der Waals surface area (Å²) < 4.78 is 1.39. The maximum absolute atomic E-state index is 5.28. The van der Waals surface area contributed by atoms with Crippen LogP contribution in [0.3, 0.4) is 0 Å². The van der Waals surface area contributed by atoms with Crippen LogP contribution in [-0.2, 0) is 6.42 Å². The van der Waals surface area contributed by atoms with Gasteiger partial charge >= 0.3 is 0 Å². The Kier molecular flexibility index (Phi) is 5.67. The van der Waals surface area contributed by atoms with Crippen molar-refractivity contribution in [1.82, 2.24) is 9.97 Å². The molecule has 0 N–H and O–H groups in total. The Balaban J connectivity index is 1.12. The van der Waals surface area contributed by atoms with E-state index in [4.69, 9.17) is 9.97 Å². The third kappa shape index (κ3) is 4.00. The van der Waals surface area contributed by atoms with Crippen LogP contribution in [0.15, 0.2) is 121 Å². The summed E-state index contributed by atoms with van der Waals surface area (Å²) in [4.78, 5) is 11.7. The molecule has 0 unspecified atom stereocenters. The maximum atomic E-state index is 5.28. The Labute approximate surface area is 254 Å². The molecule has 2 aromatic heterocycles. The molecule has 5 aromatic carbocycles. The van der Waals surface area contributed by atoms with Crippen LogP contribution >= 0.6 is 11.3 Å². The van der Waals surface area contributed by atoms with Crippen molar-refractivity contribution >= 4 is 70.7 Å². The highest BCUT2D eigenvalue weighted by molar-refractivity contribution is 7.20. The summed E-state index contributed by atoms with van der Waals surface area (Å²) >= 11 is 1.93. The van der Waals surface area contributed by atoms with Crippen molar-refractivity contribution in [2.45, 2.75) is 25.7 Å². The quantitative estimate of drug-likeness (QED) is 0.198. The van der Waals surface area contributed by atoms with E-state index in [0.29, 0.717) is 0 Å². The van der Waals surface area contributed by atoms with Gasteiger partial charge in [-0.15, -0.1) is 11.3 Å². The van der Waals surface area contributed by atoms with Crippen LogP contribution in [0, 0.1) is 0 Å². The molecule has 2 aliphatic rings. The molecule has 0 atom stereocenters. The van der Waals surface area contributed by atoms with Crippen molar-refractivity contribution in [2.75, 3.05) is 0 Å². The number of aryl methyl sites for hydroxylation is 1. The lowest BCUT2D eigenvalue weighted by molar-refractivity contribution is 0.998. The van der Waals surface area contributed by atoms with E-state index in [9.17, 15) is 0 Å². The van der Waals surface area contributed by atoms with Crippen LogP contribution in [-0.4, -0.2) is 9.97 Å². The summed E-state index contributed by atoms with van der Waals surface area (Å²) in [5, 5.41) is 6.19. The molecule has 0 spiro atoms. The van der Waals surface area contributed by atoms with Crippen LogP contribution in [0.1, 0.15) is 46.5 Å². The molecule has 0 saturated heterocycles. The second kappa shape index (κ2) is 9.86. The lowest BCUT2D eigenvalue weighted by Crippen LogP contribution is -2.00. The fraction of sp³-hybridized carbons (Fsp3) is 0.100. The first-order chi connectivity index (χ1) is 21.3. The molecule has 2 heterocycles. The van der Waals surface area contributed by atoms with Crippen molar-refractivity contribution in [3.8, 4) is 0 Å². The second-order valence-corrected chi connectivity index (χ2v) is 12.6. The number of rotatable bonds is 3. The van der Waals surface area contributed by atoms with Crippen molar-refractivity contribution in [2.24, 2.45) is 0 Å². The molecule has 0 radical (unpaired) electrons. The molecule has 7 aromatic rings. The number of fused-ring (bicyclic) bond motifs is 9. The Morgan fingerprint density at radius 2 is 1.30 bits per heavy atom. The first kappa shape index (κ1) is 24.7. The third-order valence-electron chi connectivity index (χ3n) is 9.06. The molecule has 2 aliphatic carbocycles. The first-order valence-electron chi connectivity index (χ1n) is 15.1. The van der Waals surface area contributed by atoms with Gasteiger partial charge in [-0.3, -0.25) is 4.98 Å². The summed E-state index contributed by atoms with van der Waals surface area (Å²) in [6, 6.07) is 35.1. The average molecular weight is 569 g/mol. The van der Waals surface area contributed by atoms with Gasteiger partial charge in [0, 0.05) is 20.3 Å². The van der Waals surface area contributed by atoms with E-state index in [2.05, 4.69) is 115 Å². The summed E-state index contributed by atoms with van der Waals surface area (Å²) in [5.74, 6) is 0. The van der Waals surface area contributed by atoms with Crippen molar-refractivity contribution in [3.05, 3.63) is 149 Å². The van der Waals surface area contributed by atoms with Gasteiger partial charge < -0.3 is 0 Å². The van der Waals surface area contributed by atoms with E-state index in [1.165, 1.54) is 59.1 Å². The van der Waals surface area contributed by atoms with Crippen molar-refractivity contribution in [1.29, 1.82) is 0 Å². The van der Waals surface area contributed by atoms with Gasteiger partial charge in [0.25, 0.3) is 0 Å². The number of allylic oxidation sites excluding steroid dienone is 5. The normalized spacial score (nSPS) is 15.0. The minimum absolute atomic E-state index is 0.963. The van der Waals surface area contributed by atoms with Crippen LogP contribution in [0.4, 0.5) is 0 Å². The molecule has 9 rings (SSSR count). The summed E-state index contributed by atoms with van der Waals surface area (Å²) in [5.41, 5.74) is 10.9. The van der Waals surface area contributed by atoms with E-state index < -0.39 is 0 Å². The third-order valence-corrected chi connectivity index (χ3v) is 10.3. The number of hydrogen-bond acceptors (Lipinski definition) is 3. The van der Waals surface area contributed by atoms with Crippen molar-refractivity contribution in [3.63, 3.8) is 0 Å². The van der Waals surface area contributed by atoms with E-state index in [0.717, 1.165) is 53.2 Å². The molecule has 0 bridgehead atoms. The number of hydrogen-bond donors (Lipinski definition) is 0. The van der Waals surface area contributed by atoms with Crippen LogP contribution in [0.5, 0.6) is 0 Å². The molecular formula is C40H28N2S. The molecule has 0 saturated carbocycles. The van der Waals surface area contributed by atoms with E-state index >= 15 is 0 Å². The summed E-state index contributed by atoms with van der Waals surface area (Å²) in [6.07, 6.45) is 13.3.